The Balaban J connectivity index is 2.32. The molecule has 1 aromatic rings. The zero-order valence-corrected chi connectivity index (χ0v) is 11.3. The lowest BCUT2D eigenvalue weighted by Crippen LogP contribution is -2.31. The number of aliphatic hydroxyl groups excluding tert-OH is 1. The Morgan fingerprint density at radius 2 is 2.40 bits per heavy atom. The number of aliphatic hydroxyl groups is 1. The Bertz CT molecular complexity index is 293. The Morgan fingerprint density at radius 3 is 2.93 bits per heavy atom. The van der Waals surface area contributed by atoms with Crippen molar-refractivity contribution in [3.63, 3.8) is 0 Å². The topological polar surface area (TPSA) is 32.7 Å². The number of hydrogen-bond donors (Lipinski definition) is 1. The molecule has 0 fully saturated rings. The lowest BCUT2D eigenvalue weighted by atomic mass is 10.3. The second-order valence-corrected chi connectivity index (χ2v) is 5.86. The third kappa shape index (κ3) is 5.08. The molecule has 0 radical (unpaired) electrons. The Morgan fingerprint density at radius 1 is 1.67 bits per heavy atom. The van der Waals surface area contributed by atoms with E-state index in [4.69, 9.17) is 4.74 Å². The van der Waals surface area contributed by atoms with Crippen LogP contribution < -0.4 is 0 Å². The molecule has 0 saturated heterocycles. The van der Waals surface area contributed by atoms with Crippen LogP contribution in [0.1, 0.15) is 5.56 Å². The summed E-state index contributed by atoms with van der Waals surface area (Å²) in [6.07, 6.45) is -0.415. The average molecular weight is 294 g/mol. The van der Waals surface area contributed by atoms with Gasteiger partial charge < -0.3 is 9.84 Å². The standard InChI is InChI=1S/C10H16BrNO2S/c1-12(5-9(13)6-14-2)4-8-3-10(11)15-7-8/h3,7,9,13H,4-6H2,1-2H3. The summed E-state index contributed by atoms with van der Waals surface area (Å²) in [5, 5.41) is 11.6. The zero-order valence-electron chi connectivity index (χ0n) is 8.94. The first-order valence-corrected chi connectivity index (χ1v) is 6.37. The SMILES string of the molecule is COCC(O)CN(C)Cc1csc(Br)c1. The highest BCUT2D eigenvalue weighted by molar-refractivity contribution is 9.11. The van der Waals surface area contributed by atoms with E-state index in [0.29, 0.717) is 13.2 Å². The summed E-state index contributed by atoms with van der Waals surface area (Å²) in [6.45, 7) is 1.86. The van der Waals surface area contributed by atoms with Crippen LogP contribution in [0.3, 0.4) is 0 Å². The van der Waals surface area contributed by atoms with Crippen LogP contribution in [0.2, 0.25) is 0 Å². The molecule has 3 nitrogen and oxygen atoms in total. The van der Waals surface area contributed by atoms with Crippen molar-refractivity contribution in [2.24, 2.45) is 0 Å². The van der Waals surface area contributed by atoms with E-state index in [1.165, 1.54) is 5.56 Å². The number of ether oxygens (including phenoxy) is 1. The molecule has 0 aliphatic heterocycles. The molecule has 0 spiro atoms. The molecule has 5 heteroatoms. The molecule has 0 aliphatic carbocycles. The van der Waals surface area contributed by atoms with Gasteiger partial charge in [-0.1, -0.05) is 0 Å². The first-order chi connectivity index (χ1) is 7.11. The summed E-state index contributed by atoms with van der Waals surface area (Å²) < 4.78 is 6.02. The molecule has 0 saturated carbocycles. The van der Waals surface area contributed by atoms with E-state index < -0.39 is 6.10 Å². The number of thiophene rings is 1. The minimum atomic E-state index is -0.415. The Labute approximate surface area is 103 Å². The zero-order chi connectivity index (χ0) is 11.3. The molecule has 0 aromatic carbocycles. The molecule has 86 valence electrons. The van der Waals surface area contributed by atoms with Crippen molar-refractivity contribution >= 4 is 27.3 Å². The normalized spacial score (nSPS) is 13.4. The number of methoxy groups -OCH3 is 1. The van der Waals surface area contributed by atoms with Crippen molar-refractivity contribution in [1.82, 2.24) is 4.90 Å². The summed E-state index contributed by atoms with van der Waals surface area (Å²) in [5.74, 6) is 0. The molecule has 1 unspecified atom stereocenters. The van der Waals surface area contributed by atoms with E-state index in [-0.39, 0.29) is 0 Å². The van der Waals surface area contributed by atoms with Crippen molar-refractivity contribution < 1.29 is 9.84 Å². The molecular formula is C10H16BrNO2S. The smallest absolute Gasteiger partial charge is 0.0900 e. The number of halogens is 1. The molecular weight excluding hydrogens is 278 g/mol. The highest BCUT2D eigenvalue weighted by atomic mass is 79.9. The molecule has 1 N–H and O–H groups in total. The van der Waals surface area contributed by atoms with E-state index >= 15 is 0 Å². The predicted molar refractivity (Wildman–Crippen MR) is 66.2 cm³/mol. The summed E-state index contributed by atoms with van der Waals surface area (Å²) in [5.41, 5.74) is 1.26. The third-order valence-electron chi connectivity index (χ3n) is 1.96. The second-order valence-electron chi connectivity index (χ2n) is 3.56. The number of rotatable bonds is 6. The summed E-state index contributed by atoms with van der Waals surface area (Å²) in [6, 6.07) is 2.10. The van der Waals surface area contributed by atoms with Crippen LogP contribution in [-0.4, -0.2) is 43.4 Å². The average Bonchev–Trinajstić information content (AvgIpc) is 2.51. The van der Waals surface area contributed by atoms with Gasteiger partial charge in [-0.15, -0.1) is 11.3 Å². The Kier molecular flexibility index (Phi) is 5.78. The molecule has 0 amide bonds. The van der Waals surface area contributed by atoms with Crippen LogP contribution >= 0.6 is 27.3 Å². The molecule has 0 bridgehead atoms. The van der Waals surface area contributed by atoms with Crippen molar-refractivity contribution in [2.75, 3.05) is 27.3 Å². The lowest BCUT2D eigenvalue weighted by molar-refractivity contribution is 0.0419. The van der Waals surface area contributed by atoms with Gasteiger partial charge in [0, 0.05) is 20.2 Å². The van der Waals surface area contributed by atoms with E-state index in [2.05, 4.69) is 32.3 Å². The van der Waals surface area contributed by atoms with Crippen LogP contribution in [-0.2, 0) is 11.3 Å². The fourth-order valence-corrected chi connectivity index (χ4v) is 2.61. The largest absolute Gasteiger partial charge is 0.389 e. The van der Waals surface area contributed by atoms with E-state index in [1.807, 2.05) is 7.05 Å². The van der Waals surface area contributed by atoms with E-state index in [9.17, 15) is 5.11 Å². The van der Waals surface area contributed by atoms with Crippen LogP contribution in [0.25, 0.3) is 0 Å². The molecule has 1 aromatic heterocycles. The molecule has 15 heavy (non-hydrogen) atoms. The summed E-state index contributed by atoms with van der Waals surface area (Å²) in [4.78, 5) is 2.08. The highest BCUT2D eigenvalue weighted by Gasteiger charge is 2.08. The molecule has 0 aliphatic rings. The first kappa shape index (κ1) is 13.1. The maximum Gasteiger partial charge on any atom is 0.0900 e. The fraction of sp³-hybridized carbons (Fsp3) is 0.600. The van der Waals surface area contributed by atoms with Gasteiger partial charge in [0.05, 0.1) is 16.5 Å². The van der Waals surface area contributed by atoms with Crippen molar-refractivity contribution in [3.05, 3.63) is 20.8 Å². The summed E-state index contributed by atoms with van der Waals surface area (Å²) >= 11 is 5.11. The molecule has 1 atom stereocenters. The van der Waals surface area contributed by atoms with Crippen molar-refractivity contribution in [1.29, 1.82) is 0 Å². The Hall–Kier alpha value is 0.0600. The monoisotopic (exact) mass is 293 g/mol. The molecule has 1 heterocycles. The van der Waals surface area contributed by atoms with Crippen LogP contribution in [0, 0.1) is 0 Å². The van der Waals surface area contributed by atoms with Gasteiger partial charge >= 0.3 is 0 Å². The predicted octanol–water partition coefficient (Wildman–Crippen LogP) is 1.95. The van der Waals surface area contributed by atoms with Gasteiger partial charge in [0.2, 0.25) is 0 Å². The summed E-state index contributed by atoms with van der Waals surface area (Å²) in [7, 11) is 3.59. The van der Waals surface area contributed by atoms with Crippen molar-refractivity contribution in [2.45, 2.75) is 12.6 Å². The second kappa shape index (κ2) is 6.60. The molecule has 1 rings (SSSR count). The van der Waals surface area contributed by atoms with Crippen LogP contribution in [0.5, 0.6) is 0 Å². The maximum absolute atomic E-state index is 9.53. The maximum atomic E-state index is 9.53. The van der Waals surface area contributed by atoms with E-state index in [0.717, 1.165) is 10.3 Å². The first-order valence-electron chi connectivity index (χ1n) is 4.70. The number of hydrogen-bond acceptors (Lipinski definition) is 4. The minimum absolute atomic E-state index is 0.387. The quantitative estimate of drug-likeness (QED) is 0.870. The fourth-order valence-electron chi connectivity index (χ4n) is 1.41. The van der Waals surface area contributed by atoms with Gasteiger partial charge in [0.15, 0.2) is 0 Å². The van der Waals surface area contributed by atoms with Gasteiger partial charge in [0.1, 0.15) is 0 Å². The van der Waals surface area contributed by atoms with Crippen LogP contribution in [0.4, 0.5) is 0 Å². The van der Waals surface area contributed by atoms with Crippen LogP contribution in [0.15, 0.2) is 15.2 Å². The van der Waals surface area contributed by atoms with Gasteiger partial charge in [-0.25, -0.2) is 0 Å². The number of likely N-dealkylation sites (N-methyl/N-ethyl adjacent to an activating group) is 1. The van der Waals surface area contributed by atoms with Gasteiger partial charge in [-0.2, -0.15) is 0 Å². The lowest BCUT2D eigenvalue weighted by Gasteiger charge is -2.19. The minimum Gasteiger partial charge on any atom is -0.389 e. The van der Waals surface area contributed by atoms with Crippen molar-refractivity contribution in [3.8, 4) is 0 Å². The van der Waals surface area contributed by atoms with Gasteiger partial charge in [-0.3, -0.25) is 4.90 Å². The van der Waals surface area contributed by atoms with Gasteiger partial charge in [-0.05, 0) is 40.0 Å². The van der Waals surface area contributed by atoms with Gasteiger partial charge in [0.25, 0.3) is 0 Å². The van der Waals surface area contributed by atoms with E-state index in [1.54, 1.807) is 18.4 Å². The third-order valence-corrected chi connectivity index (χ3v) is 3.51. The highest BCUT2D eigenvalue weighted by Crippen LogP contribution is 2.21. The number of nitrogens with zero attached hydrogens (tertiary/aromatic N) is 1.